The van der Waals surface area contributed by atoms with Crippen molar-refractivity contribution in [1.82, 2.24) is 5.32 Å². The first-order chi connectivity index (χ1) is 7.15. The third-order valence-electron chi connectivity index (χ3n) is 2.38. The van der Waals surface area contributed by atoms with Gasteiger partial charge in [0.25, 0.3) is 0 Å². The molecule has 86 valence electrons. The summed E-state index contributed by atoms with van der Waals surface area (Å²) in [4.78, 5) is 0. The summed E-state index contributed by atoms with van der Waals surface area (Å²) in [5.74, 6) is 0. The fourth-order valence-electron chi connectivity index (χ4n) is 1.45. The summed E-state index contributed by atoms with van der Waals surface area (Å²) in [6, 6.07) is 2.24. The van der Waals surface area contributed by atoms with Gasteiger partial charge in [0.2, 0.25) is 0 Å². The molecule has 1 aromatic heterocycles. The molecule has 1 atom stereocenters. The number of rotatable bonds is 6. The molecule has 0 radical (unpaired) electrons. The van der Waals surface area contributed by atoms with Crippen LogP contribution < -0.4 is 5.32 Å². The van der Waals surface area contributed by atoms with E-state index in [1.165, 1.54) is 30.6 Å². The third kappa shape index (κ3) is 4.31. The SMILES string of the molecule is CCCCCNC(C)c1cc(Cl)sc1Cl. The van der Waals surface area contributed by atoms with Gasteiger partial charge in [0.1, 0.15) is 0 Å². The Morgan fingerprint density at radius 3 is 2.67 bits per heavy atom. The van der Waals surface area contributed by atoms with E-state index in [1.807, 2.05) is 6.07 Å². The summed E-state index contributed by atoms with van der Waals surface area (Å²) >= 11 is 13.4. The molecule has 1 heterocycles. The summed E-state index contributed by atoms with van der Waals surface area (Å²) in [6.45, 7) is 5.37. The molecule has 0 saturated heterocycles. The van der Waals surface area contributed by atoms with Crippen LogP contribution in [0.1, 0.15) is 44.7 Å². The van der Waals surface area contributed by atoms with Gasteiger partial charge in [-0.25, -0.2) is 0 Å². The Morgan fingerprint density at radius 1 is 1.40 bits per heavy atom. The largest absolute Gasteiger partial charge is 0.310 e. The van der Waals surface area contributed by atoms with Crippen molar-refractivity contribution in [2.75, 3.05) is 6.54 Å². The number of nitrogens with one attached hydrogen (secondary N) is 1. The van der Waals surface area contributed by atoms with Gasteiger partial charge >= 0.3 is 0 Å². The van der Waals surface area contributed by atoms with Crippen LogP contribution in [-0.2, 0) is 0 Å². The average molecular weight is 266 g/mol. The Bertz CT molecular complexity index is 299. The minimum atomic E-state index is 0.290. The van der Waals surface area contributed by atoms with Gasteiger partial charge in [-0.3, -0.25) is 0 Å². The van der Waals surface area contributed by atoms with Gasteiger partial charge < -0.3 is 5.32 Å². The maximum atomic E-state index is 6.07. The van der Waals surface area contributed by atoms with Gasteiger partial charge in [-0.1, -0.05) is 43.0 Å². The van der Waals surface area contributed by atoms with Crippen molar-refractivity contribution in [2.45, 2.75) is 39.2 Å². The standard InChI is InChI=1S/C11H17Cl2NS/c1-3-4-5-6-14-8(2)9-7-10(12)15-11(9)13/h7-8,14H,3-6H2,1-2H3. The van der Waals surface area contributed by atoms with Crippen LogP contribution in [0.2, 0.25) is 8.67 Å². The van der Waals surface area contributed by atoms with E-state index in [0.29, 0.717) is 0 Å². The lowest BCUT2D eigenvalue weighted by atomic mass is 10.1. The van der Waals surface area contributed by atoms with Crippen molar-refractivity contribution in [3.05, 3.63) is 20.3 Å². The number of hydrogen-bond donors (Lipinski definition) is 1. The lowest BCUT2D eigenvalue weighted by molar-refractivity contribution is 0.545. The predicted octanol–water partition coefficient (Wildman–Crippen LogP) is 4.90. The highest BCUT2D eigenvalue weighted by atomic mass is 35.5. The van der Waals surface area contributed by atoms with E-state index in [-0.39, 0.29) is 6.04 Å². The van der Waals surface area contributed by atoms with Crippen molar-refractivity contribution >= 4 is 34.5 Å². The highest BCUT2D eigenvalue weighted by molar-refractivity contribution is 7.20. The van der Waals surface area contributed by atoms with E-state index in [9.17, 15) is 0 Å². The van der Waals surface area contributed by atoms with E-state index in [4.69, 9.17) is 23.2 Å². The minimum Gasteiger partial charge on any atom is -0.310 e. The van der Waals surface area contributed by atoms with E-state index in [1.54, 1.807) is 0 Å². The first-order valence-corrected chi connectivity index (χ1v) is 6.90. The second kappa shape index (κ2) is 6.74. The zero-order valence-electron chi connectivity index (χ0n) is 9.15. The first-order valence-electron chi connectivity index (χ1n) is 5.33. The molecule has 15 heavy (non-hydrogen) atoms. The molecule has 0 fully saturated rings. The Kier molecular flexibility index (Phi) is 5.98. The maximum absolute atomic E-state index is 6.07. The van der Waals surface area contributed by atoms with Crippen LogP contribution in [0.15, 0.2) is 6.07 Å². The normalized spacial score (nSPS) is 13.1. The summed E-state index contributed by atoms with van der Waals surface area (Å²) in [6.07, 6.45) is 3.75. The second-order valence-corrected chi connectivity index (χ2v) is 5.95. The van der Waals surface area contributed by atoms with Crippen molar-refractivity contribution in [2.24, 2.45) is 0 Å². The molecule has 0 bridgehead atoms. The zero-order valence-corrected chi connectivity index (χ0v) is 11.5. The van der Waals surface area contributed by atoms with Crippen molar-refractivity contribution in [3.63, 3.8) is 0 Å². The number of halogens is 2. The van der Waals surface area contributed by atoms with Gasteiger partial charge in [0.05, 0.1) is 8.67 Å². The number of unbranched alkanes of at least 4 members (excludes halogenated alkanes) is 2. The average Bonchev–Trinajstić information content (AvgIpc) is 2.52. The van der Waals surface area contributed by atoms with Crippen LogP contribution in [-0.4, -0.2) is 6.54 Å². The van der Waals surface area contributed by atoms with Crippen molar-refractivity contribution in [1.29, 1.82) is 0 Å². The van der Waals surface area contributed by atoms with E-state index in [0.717, 1.165) is 20.8 Å². The monoisotopic (exact) mass is 265 g/mol. The summed E-state index contributed by atoms with van der Waals surface area (Å²) in [7, 11) is 0. The van der Waals surface area contributed by atoms with Gasteiger partial charge in [-0.05, 0) is 31.5 Å². The van der Waals surface area contributed by atoms with Gasteiger partial charge in [-0.2, -0.15) is 0 Å². The number of hydrogen-bond acceptors (Lipinski definition) is 2. The van der Waals surface area contributed by atoms with Crippen molar-refractivity contribution < 1.29 is 0 Å². The molecule has 0 amide bonds. The molecule has 1 unspecified atom stereocenters. The molecule has 0 aliphatic carbocycles. The molecular weight excluding hydrogens is 249 g/mol. The minimum absolute atomic E-state index is 0.290. The van der Waals surface area contributed by atoms with Gasteiger partial charge in [0.15, 0.2) is 0 Å². The quantitative estimate of drug-likeness (QED) is 0.722. The molecule has 1 rings (SSSR count). The van der Waals surface area contributed by atoms with Gasteiger partial charge in [0, 0.05) is 6.04 Å². The third-order valence-corrected chi connectivity index (χ3v) is 3.90. The summed E-state index contributed by atoms with van der Waals surface area (Å²) in [5, 5.41) is 3.45. The Balaban J connectivity index is 2.39. The molecule has 0 aliphatic rings. The van der Waals surface area contributed by atoms with Crippen LogP contribution >= 0.6 is 34.5 Å². The molecule has 1 nitrogen and oxygen atoms in total. The highest BCUT2D eigenvalue weighted by Gasteiger charge is 2.12. The summed E-state index contributed by atoms with van der Waals surface area (Å²) < 4.78 is 1.56. The fourth-order valence-corrected chi connectivity index (χ4v) is 3.10. The lowest BCUT2D eigenvalue weighted by Crippen LogP contribution is -2.19. The maximum Gasteiger partial charge on any atom is 0.0991 e. The molecule has 0 aliphatic heterocycles. The van der Waals surface area contributed by atoms with E-state index < -0.39 is 0 Å². The molecule has 0 spiro atoms. The predicted molar refractivity (Wildman–Crippen MR) is 70.3 cm³/mol. The van der Waals surface area contributed by atoms with Gasteiger partial charge in [-0.15, -0.1) is 11.3 Å². The van der Waals surface area contributed by atoms with E-state index >= 15 is 0 Å². The molecule has 1 N–H and O–H groups in total. The fraction of sp³-hybridized carbons (Fsp3) is 0.636. The highest BCUT2D eigenvalue weighted by Crippen LogP contribution is 2.34. The Morgan fingerprint density at radius 2 is 2.13 bits per heavy atom. The zero-order chi connectivity index (χ0) is 11.3. The lowest BCUT2D eigenvalue weighted by Gasteiger charge is -2.12. The van der Waals surface area contributed by atoms with Crippen LogP contribution in [0.4, 0.5) is 0 Å². The first kappa shape index (κ1) is 13.3. The molecule has 4 heteroatoms. The van der Waals surface area contributed by atoms with E-state index in [2.05, 4.69) is 19.2 Å². The van der Waals surface area contributed by atoms with Crippen LogP contribution in [0, 0.1) is 0 Å². The van der Waals surface area contributed by atoms with Crippen LogP contribution in [0.5, 0.6) is 0 Å². The van der Waals surface area contributed by atoms with Crippen LogP contribution in [0.3, 0.4) is 0 Å². The van der Waals surface area contributed by atoms with Crippen molar-refractivity contribution in [3.8, 4) is 0 Å². The molecular formula is C11H17Cl2NS. The smallest absolute Gasteiger partial charge is 0.0991 e. The molecule has 0 aromatic carbocycles. The Hall–Kier alpha value is 0.240. The second-order valence-electron chi connectivity index (χ2n) is 3.66. The topological polar surface area (TPSA) is 12.0 Å². The van der Waals surface area contributed by atoms with Crippen LogP contribution in [0.25, 0.3) is 0 Å². The number of thiophene rings is 1. The summed E-state index contributed by atoms with van der Waals surface area (Å²) in [5.41, 5.74) is 1.11. The Labute approximate surface area is 106 Å². The molecule has 1 aromatic rings. The molecule has 0 saturated carbocycles.